The molecular formula is C10H9ClF2INO2. The van der Waals surface area contributed by atoms with Gasteiger partial charge in [-0.3, -0.25) is 4.79 Å². The minimum absolute atomic E-state index is 0.261. The van der Waals surface area contributed by atoms with Gasteiger partial charge in [-0.15, -0.1) is 0 Å². The van der Waals surface area contributed by atoms with E-state index in [1.807, 2.05) is 22.6 Å². The summed E-state index contributed by atoms with van der Waals surface area (Å²) in [4.78, 5) is 11.5. The van der Waals surface area contributed by atoms with Crippen LogP contribution in [0.25, 0.3) is 0 Å². The van der Waals surface area contributed by atoms with Gasteiger partial charge in [-0.05, 0) is 40.8 Å². The molecule has 2 N–H and O–H groups in total. The molecule has 0 saturated carbocycles. The molecule has 0 aliphatic heterocycles. The molecule has 1 amide bonds. The average molecular weight is 376 g/mol. The maximum absolute atomic E-state index is 12.0. The van der Waals surface area contributed by atoms with Gasteiger partial charge in [0.15, 0.2) is 0 Å². The van der Waals surface area contributed by atoms with E-state index in [-0.39, 0.29) is 5.56 Å². The second kappa shape index (κ2) is 6.46. The van der Waals surface area contributed by atoms with Crippen LogP contribution in [0.2, 0.25) is 5.02 Å². The predicted octanol–water partition coefficient (Wildman–Crippen LogP) is 2.30. The predicted molar refractivity (Wildman–Crippen MR) is 68.5 cm³/mol. The second-order valence-electron chi connectivity index (χ2n) is 3.24. The highest BCUT2D eigenvalue weighted by atomic mass is 127. The molecule has 1 aromatic carbocycles. The van der Waals surface area contributed by atoms with E-state index in [0.29, 0.717) is 5.02 Å². The Hall–Kier alpha value is -0.470. The van der Waals surface area contributed by atoms with Crippen LogP contribution in [0.5, 0.6) is 0 Å². The molecule has 0 aliphatic carbocycles. The zero-order valence-corrected chi connectivity index (χ0v) is 11.4. The maximum atomic E-state index is 12.0. The number of nitrogens with one attached hydrogen (secondary N) is 1. The number of rotatable bonds is 4. The van der Waals surface area contributed by atoms with Gasteiger partial charge in [-0.2, -0.15) is 0 Å². The molecule has 1 rings (SSSR count). The molecule has 1 unspecified atom stereocenters. The molecule has 94 valence electrons. The van der Waals surface area contributed by atoms with Crippen molar-refractivity contribution in [2.75, 3.05) is 6.54 Å². The van der Waals surface area contributed by atoms with Gasteiger partial charge >= 0.3 is 0 Å². The minimum atomic E-state index is -2.88. The molecule has 0 spiro atoms. The van der Waals surface area contributed by atoms with E-state index in [1.54, 1.807) is 6.07 Å². The number of hydrogen-bond acceptors (Lipinski definition) is 2. The quantitative estimate of drug-likeness (QED) is 0.794. The first-order valence-corrected chi connectivity index (χ1v) is 6.07. The number of aliphatic hydroxyl groups is 1. The summed E-state index contributed by atoms with van der Waals surface area (Å²) in [6.07, 6.45) is -4.74. The maximum Gasteiger partial charge on any atom is 0.265 e. The molecule has 0 heterocycles. The van der Waals surface area contributed by atoms with Crippen LogP contribution in [0, 0.1) is 3.57 Å². The van der Waals surface area contributed by atoms with E-state index < -0.39 is 25.0 Å². The van der Waals surface area contributed by atoms with Crippen LogP contribution >= 0.6 is 34.2 Å². The number of carbonyl (C=O) groups excluding carboxylic acids is 1. The van der Waals surface area contributed by atoms with Crippen LogP contribution in [0.1, 0.15) is 10.4 Å². The highest BCUT2D eigenvalue weighted by Gasteiger charge is 2.18. The molecule has 0 aliphatic rings. The topological polar surface area (TPSA) is 49.3 Å². The van der Waals surface area contributed by atoms with Gasteiger partial charge in [-0.25, -0.2) is 8.78 Å². The standard InChI is InChI=1S/C10H9ClF2INO2/c11-6-3-5(1-2-7(6)14)10(17)15-4-8(16)9(12)13/h1-3,8-9,16H,4H2,(H,15,17). The van der Waals surface area contributed by atoms with Gasteiger partial charge in [0.25, 0.3) is 12.3 Å². The van der Waals surface area contributed by atoms with E-state index >= 15 is 0 Å². The summed E-state index contributed by atoms with van der Waals surface area (Å²) in [5.41, 5.74) is 0.261. The third-order valence-corrected chi connectivity index (χ3v) is 3.52. The fraction of sp³-hybridized carbons (Fsp3) is 0.300. The number of benzene rings is 1. The van der Waals surface area contributed by atoms with Crippen LogP contribution in [-0.2, 0) is 0 Å². The highest BCUT2D eigenvalue weighted by molar-refractivity contribution is 14.1. The molecule has 1 aromatic rings. The monoisotopic (exact) mass is 375 g/mol. The Balaban J connectivity index is 2.61. The molecule has 0 fully saturated rings. The highest BCUT2D eigenvalue weighted by Crippen LogP contribution is 2.19. The van der Waals surface area contributed by atoms with Gasteiger partial charge in [0.05, 0.1) is 5.02 Å². The molecule has 0 saturated heterocycles. The zero-order valence-electron chi connectivity index (χ0n) is 8.46. The summed E-state index contributed by atoms with van der Waals surface area (Å²) in [7, 11) is 0. The van der Waals surface area contributed by atoms with E-state index in [9.17, 15) is 13.6 Å². The molecule has 0 radical (unpaired) electrons. The van der Waals surface area contributed by atoms with Gasteiger partial charge in [0.1, 0.15) is 6.10 Å². The summed E-state index contributed by atoms with van der Waals surface area (Å²) in [5.74, 6) is -0.553. The van der Waals surface area contributed by atoms with Crippen LogP contribution < -0.4 is 5.32 Å². The molecule has 3 nitrogen and oxygen atoms in total. The van der Waals surface area contributed by atoms with Crippen molar-refractivity contribution in [1.29, 1.82) is 0 Å². The lowest BCUT2D eigenvalue weighted by Gasteiger charge is -2.10. The lowest BCUT2D eigenvalue weighted by molar-refractivity contribution is -0.00270. The Labute approximate surface area is 115 Å². The van der Waals surface area contributed by atoms with Crippen molar-refractivity contribution in [2.45, 2.75) is 12.5 Å². The van der Waals surface area contributed by atoms with Gasteiger partial charge in [-0.1, -0.05) is 11.6 Å². The van der Waals surface area contributed by atoms with Gasteiger partial charge in [0.2, 0.25) is 0 Å². The Morgan fingerprint density at radius 1 is 1.53 bits per heavy atom. The Morgan fingerprint density at radius 2 is 2.18 bits per heavy atom. The fourth-order valence-electron chi connectivity index (χ4n) is 1.03. The summed E-state index contributed by atoms with van der Waals surface area (Å²) >= 11 is 7.82. The zero-order chi connectivity index (χ0) is 13.0. The van der Waals surface area contributed by atoms with Crippen LogP contribution in [0.3, 0.4) is 0 Å². The van der Waals surface area contributed by atoms with Gasteiger partial charge in [0, 0.05) is 15.7 Å². The fourth-order valence-corrected chi connectivity index (χ4v) is 1.54. The Bertz CT molecular complexity index is 417. The summed E-state index contributed by atoms with van der Waals surface area (Å²) in [6, 6.07) is 4.60. The van der Waals surface area contributed by atoms with E-state index in [1.165, 1.54) is 12.1 Å². The number of carbonyl (C=O) groups is 1. The van der Waals surface area contributed by atoms with Crippen LogP contribution in [0.4, 0.5) is 8.78 Å². The molecule has 17 heavy (non-hydrogen) atoms. The van der Waals surface area contributed by atoms with Crippen molar-refractivity contribution in [3.05, 3.63) is 32.4 Å². The lowest BCUT2D eigenvalue weighted by atomic mass is 10.2. The number of aliphatic hydroxyl groups excluding tert-OH is 1. The van der Waals surface area contributed by atoms with Crippen LogP contribution in [-0.4, -0.2) is 30.1 Å². The third-order valence-electron chi connectivity index (χ3n) is 1.94. The molecule has 0 aromatic heterocycles. The first-order valence-electron chi connectivity index (χ1n) is 4.61. The number of hydrogen-bond donors (Lipinski definition) is 2. The summed E-state index contributed by atoms with van der Waals surface area (Å²) in [5, 5.41) is 11.4. The van der Waals surface area contributed by atoms with Crippen molar-refractivity contribution in [3.8, 4) is 0 Å². The first kappa shape index (κ1) is 14.6. The normalized spacial score (nSPS) is 12.6. The van der Waals surface area contributed by atoms with E-state index in [4.69, 9.17) is 16.7 Å². The lowest BCUT2D eigenvalue weighted by Crippen LogP contribution is -2.35. The number of halogens is 4. The molecule has 1 atom stereocenters. The van der Waals surface area contributed by atoms with Crippen molar-refractivity contribution >= 4 is 40.1 Å². The van der Waals surface area contributed by atoms with Gasteiger partial charge < -0.3 is 10.4 Å². The molecule has 0 bridgehead atoms. The Morgan fingerprint density at radius 3 is 2.71 bits per heavy atom. The van der Waals surface area contributed by atoms with E-state index in [2.05, 4.69) is 5.32 Å². The number of amides is 1. The molecule has 7 heteroatoms. The van der Waals surface area contributed by atoms with Crippen molar-refractivity contribution in [3.63, 3.8) is 0 Å². The smallest absolute Gasteiger partial charge is 0.265 e. The second-order valence-corrected chi connectivity index (χ2v) is 4.81. The van der Waals surface area contributed by atoms with Crippen molar-refractivity contribution in [1.82, 2.24) is 5.32 Å². The van der Waals surface area contributed by atoms with E-state index in [0.717, 1.165) is 3.57 Å². The molecular weight excluding hydrogens is 366 g/mol. The van der Waals surface area contributed by atoms with Crippen LogP contribution in [0.15, 0.2) is 18.2 Å². The Kier molecular flexibility index (Phi) is 5.54. The number of alkyl halides is 2. The summed E-state index contributed by atoms with van der Waals surface area (Å²) in [6.45, 7) is -0.500. The van der Waals surface area contributed by atoms with Crippen molar-refractivity contribution < 1.29 is 18.7 Å². The minimum Gasteiger partial charge on any atom is -0.385 e. The third kappa shape index (κ3) is 4.36. The van der Waals surface area contributed by atoms with Crippen molar-refractivity contribution in [2.24, 2.45) is 0 Å². The largest absolute Gasteiger partial charge is 0.385 e. The first-order chi connectivity index (χ1) is 7.91. The SMILES string of the molecule is O=C(NCC(O)C(F)F)c1ccc(I)c(Cl)c1. The average Bonchev–Trinajstić information content (AvgIpc) is 2.28. The summed E-state index contributed by atoms with van der Waals surface area (Å²) < 4.78 is 24.7.